The quantitative estimate of drug-likeness (QED) is 0.561. The highest BCUT2D eigenvalue weighted by atomic mass is 16.8. The van der Waals surface area contributed by atoms with Crippen molar-refractivity contribution in [3.05, 3.63) is 0 Å². The molecule has 6 aliphatic heterocycles. The lowest BCUT2D eigenvalue weighted by atomic mass is 10.0. The van der Waals surface area contributed by atoms with E-state index >= 15 is 0 Å². The zero-order valence-electron chi connectivity index (χ0n) is 18.8. The SMILES string of the molecule is CC1(C)O[C@H]2[C@H](O1)[C@@H]1OC[C@@H](O1)[C@@H]2OCC(N)CO[C@H]1[C@@H]2OC(C)(C)O[C@H]2[C@H]2OC[C@H]1O2. The summed E-state index contributed by atoms with van der Waals surface area (Å²) in [5.74, 6) is -1.43. The molecule has 1 unspecified atom stereocenters. The van der Waals surface area contributed by atoms with Crippen LogP contribution < -0.4 is 5.73 Å². The minimum absolute atomic E-state index is 0.210. The maximum absolute atomic E-state index is 6.35. The summed E-state index contributed by atoms with van der Waals surface area (Å²) in [5, 5.41) is 0. The zero-order valence-corrected chi connectivity index (χ0v) is 18.8. The van der Waals surface area contributed by atoms with Crippen LogP contribution in [0, 0.1) is 0 Å². The second kappa shape index (κ2) is 7.79. The lowest BCUT2D eigenvalue weighted by molar-refractivity contribution is -0.213. The summed E-state index contributed by atoms with van der Waals surface area (Å²) >= 11 is 0. The highest BCUT2D eigenvalue weighted by Gasteiger charge is 2.60. The van der Waals surface area contributed by atoms with Crippen molar-refractivity contribution >= 4 is 0 Å². The Morgan fingerprint density at radius 2 is 1.12 bits per heavy atom. The van der Waals surface area contributed by atoms with Crippen LogP contribution in [0.1, 0.15) is 27.7 Å². The molecule has 0 amide bonds. The minimum atomic E-state index is -0.713. The van der Waals surface area contributed by atoms with E-state index in [1.807, 2.05) is 27.7 Å². The van der Waals surface area contributed by atoms with E-state index in [2.05, 4.69) is 0 Å². The van der Waals surface area contributed by atoms with Crippen LogP contribution >= 0.6 is 0 Å². The van der Waals surface area contributed by atoms with Crippen LogP contribution in [0.5, 0.6) is 0 Å². The Balaban J connectivity index is 1.05. The molecule has 2 N–H and O–H groups in total. The van der Waals surface area contributed by atoms with Crippen LogP contribution in [0.2, 0.25) is 0 Å². The molecule has 6 saturated heterocycles. The number of hydrogen-bond donors (Lipinski definition) is 1. The number of ether oxygens (including phenoxy) is 10. The van der Waals surface area contributed by atoms with E-state index in [0.717, 1.165) is 0 Å². The van der Waals surface area contributed by atoms with E-state index in [9.17, 15) is 0 Å². The first kappa shape index (κ1) is 22.1. The molecule has 182 valence electrons. The molecule has 6 rings (SSSR count). The van der Waals surface area contributed by atoms with Crippen molar-refractivity contribution < 1.29 is 47.4 Å². The maximum Gasteiger partial charge on any atom is 0.187 e. The zero-order chi connectivity index (χ0) is 22.3. The van der Waals surface area contributed by atoms with Crippen molar-refractivity contribution in [2.24, 2.45) is 5.73 Å². The molecule has 11 atom stereocenters. The Morgan fingerprint density at radius 3 is 1.56 bits per heavy atom. The molecule has 6 fully saturated rings. The van der Waals surface area contributed by atoms with Gasteiger partial charge in [0.1, 0.15) is 48.8 Å². The molecule has 0 aliphatic carbocycles. The fraction of sp³-hybridized carbons (Fsp3) is 1.00. The van der Waals surface area contributed by atoms with Gasteiger partial charge in [-0.3, -0.25) is 0 Å². The Morgan fingerprint density at radius 1 is 0.719 bits per heavy atom. The van der Waals surface area contributed by atoms with E-state index in [1.165, 1.54) is 0 Å². The predicted molar refractivity (Wildman–Crippen MR) is 104 cm³/mol. The normalized spacial score (nSPS) is 50.9. The largest absolute Gasteiger partial charge is 0.371 e. The molecule has 0 aromatic heterocycles. The van der Waals surface area contributed by atoms with E-state index in [0.29, 0.717) is 13.2 Å². The molecular formula is C21H33NO10. The van der Waals surface area contributed by atoms with Gasteiger partial charge in [0.15, 0.2) is 24.2 Å². The molecular weight excluding hydrogens is 426 g/mol. The third-order valence-corrected chi connectivity index (χ3v) is 6.72. The average Bonchev–Trinajstić information content (AvgIpc) is 3.46. The van der Waals surface area contributed by atoms with Gasteiger partial charge >= 0.3 is 0 Å². The van der Waals surface area contributed by atoms with Crippen LogP contribution in [-0.4, -0.2) is 105 Å². The van der Waals surface area contributed by atoms with E-state index in [1.54, 1.807) is 0 Å². The Kier molecular flexibility index (Phi) is 5.37. The van der Waals surface area contributed by atoms with Gasteiger partial charge in [0, 0.05) is 0 Å². The Bertz CT molecular complexity index is 663. The smallest absolute Gasteiger partial charge is 0.187 e. The molecule has 0 spiro atoms. The predicted octanol–water partition coefficient (Wildman–Crippen LogP) is -0.365. The van der Waals surface area contributed by atoms with Crippen molar-refractivity contribution in [3.8, 4) is 0 Å². The van der Waals surface area contributed by atoms with Crippen LogP contribution in [0.15, 0.2) is 0 Å². The van der Waals surface area contributed by atoms with E-state index in [4.69, 9.17) is 53.1 Å². The van der Waals surface area contributed by atoms with E-state index in [-0.39, 0.29) is 68.1 Å². The lowest BCUT2D eigenvalue weighted by Crippen LogP contribution is -2.55. The number of hydrogen-bond acceptors (Lipinski definition) is 11. The highest BCUT2D eigenvalue weighted by molar-refractivity contribution is 5.01. The first-order valence-electron chi connectivity index (χ1n) is 11.4. The fourth-order valence-corrected chi connectivity index (χ4v) is 5.48. The van der Waals surface area contributed by atoms with Crippen molar-refractivity contribution in [1.29, 1.82) is 0 Å². The second-order valence-corrected chi connectivity index (χ2v) is 10.2. The van der Waals surface area contributed by atoms with Crippen molar-refractivity contribution in [3.63, 3.8) is 0 Å². The third-order valence-electron chi connectivity index (χ3n) is 6.72. The first-order valence-corrected chi connectivity index (χ1v) is 11.4. The molecule has 0 radical (unpaired) electrons. The average molecular weight is 459 g/mol. The summed E-state index contributed by atoms with van der Waals surface area (Å²) in [6, 6.07) is -0.363. The van der Waals surface area contributed by atoms with Crippen molar-refractivity contribution in [2.45, 2.75) is 107 Å². The van der Waals surface area contributed by atoms with Crippen LogP contribution in [0.4, 0.5) is 0 Å². The fourth-order valence-electron chi connectivity index (χ4n) is 5.48. The summed E-state index contributed by atoms with van der Waals surface area (Å²) in [6.07, 6.45) is -3.10. The molecule has 0 saturated carbocycles. The molecule has 0 aromatic carbocycles. The standard InChI is InChI=1S/C21H33NO10/c1-20(2)29-14-12(10-7-25-18(27-10)16(14)31-20)23-5-9(22)6-24-13-11-8-26-19(28-11)17-15(13)30-21(3,4)32-17/h9-19H,5-8,22H2,1-4H3/t9?,10-,11-,12-,13+,14+,15-,16-,17+,18+,19-/m1/s1. The van der Waals surface area contributed by atoms with E-state index < -0.39 is 24.2 Å². The van der Waals surface area contributed by atoms with Gasteiger partial charge in [-0.1, -0.05) is 0 Å². The van der Waals surface area contributed by atoms with Crippen LogP contribution in [0.25, 0.3) is 0 Å². The van der Waals surface area contributed by atoms with Gasteiger partial charge in [-0.15, -0.1) is 0 Å². The maximum atomic E-state index is 6.35. The number of rotatable bonds is 6. The van der Waals surface area contributed by atoms with Gasteiger partial charge < -0.3 is 53.1 Å². The first-order chi connectivity index (χ1) is 15.2. The summed E-state index contributed by atoms with van der Waals surface area (Å²) in [4.78, 5) is 0. The summed E-state index contributed by atoms with van der Waals surface area (Å²) in [7, 11) is 0. The molecule has 4 bridgehead atoms. The second-order valence-electron chi connectivity index (χ2n) is 10.2. The molecule has 6 heterocycles. The molecule has 6 aliphatic rings. The topological polar surface area (TPSA) is 118 Å². The van der Waals surface area contributed by atoms with Gasteiger partial charge in [0.05, 0.1) is 32.5 Å². The molecule has 11 heteroatoms. The monoisotopic (exact) mass is 459 g/mol. The van der Waals surface area contributed by atoms with Crippen molar-refractivity contribution in [1.82, 2.24) is 0 Å². The van der Waals surface area contributed by atoms with Gasteiger partial charge in [-0.05, 0) is 27.7 Å². The highest BCUT2D eigenvalue weighted by Crippen LogP contribution is 2.43. The van der Waals surface area contributed by atoms with Crippen LogP contribution in [0.3, 0.4) is 0 Å². The molecule has 0 aromatic rings. The summed E-state index contributed by atoms with van der Waals surface area (Å²) < 4.78 is 59.8. The van der Waals surface area contributed by atoms with Crippen LogP contribution in [-0.2, 0) is 47.4 Å². The van der Waals surface area contributed by atoms with Gasteiger partial charge in [-0.2, -0.15) is 0 Å². The summed E-state index contributed by atoms with van der Waals surface area (Å²) in [6.45, 7) is 8.95. The molecule has 32 heavy (non-hydrogen) atoms. The van der Waals surface area contributed by atoms with Gasteiger partial charge in [-0.25, -0.2) is 0 Å². The number of fused-ring (bicyclic) bond motifs is 8. The van der Waals surface area contributed by atoms with Gasteiger partial charge in [0.2, 0.25) is 0 Å². The van der Waals surface area contributed by atoms with Crippen molar-refractivity contribution in [2.75, 3.05) is 26.4 Å². The Labute approximate surface area is 186 Å². The molecule has 11 nitrogen and oxygen atoms in total. The third kappa shape index (κ3) is 3.81. The number of nitrogens with two attached hydrogens (primary N) is 1. The minimum Gasteiger partial charge on any atom is -0.371 e. The van der Waals surface area contributed by atoms with Gasteiger partial charge in [0.25, 0.3) is 0 Å². The lowest BCUT2D eigenvalue weighted by Gasteiger charge is -2.36. The summed E-state index contributed by atoms with van der Waals surface area (Å²) in [5.41, 5.74) is 6.35. The Hall–Kier alpha value is -0.440.